The van der Waals surface area contributed by atoms with E-state index in [1.165, 1.54) is 0 Å². The molecule has 0 saturated heterocycles. The van der Waals surface area contributed by atoms with Crippen LogP contribution in [0.4, 0.5) is 5.69 Å². The van der Waals surface area contributed by atoms with Crippen LogP contribution in [0.15, 0.2) is 24.3 Å². The zero-order valence-electron chi connectivity index (χ0n) is 11.8. The van der Waals surface area contributed by atoms with Gasteiger partial charge in [-0.15, -0.1) is 5.10 Å². The summed E-state index contributed by atoms with van der Waals surface area (Å²) in [6, 6.07) is 7.33. The average molecular weight is 274 g/mol. The number of hydrogen-bond donors (Lipinski definition) is 2. The van der Waals surface area contributed by atoms with Crippen LogP contribution < -0.4 is 11.1 Å². The number of nitrogens with two attached hydrogens (primary N) is 1. The molecule has 1 atom stereocenters. The lowest BCUT2D eigenvalue weighted by Crippen LogP contribution is -2.47. The maximum absolute atomic E-state index is 12.0. The van der Waals surface area contributed by atoms with E-state index in [2.05, 4.69) is 20.8 Å². The van der Waals surface area contributed by atoms with Crippen LogP contribution in [0.2, 0.25) is 0 Å². The van der Waals surface area contributed by atoms with Crippen molar-refractivity contribution >= 4 is 11.6 Å². The first-order valence-electron chi connectivity index (χ1n) is 6.37. The summed E-state index contributed by atoms with van der Waals surface area (Å²) in [6.45, 7) is 3.58. The van der Waals surface area contributed by atoms with Crippen LogP contribution >= 0.6 is 0 Å². The molecule has 1 aromatic carbocycles. The van der Waals surface area contributed by atoms with Crippen molar-refractivity contribution in [3.8, 4) is 11.4 Å². The molecule has 1 aromatic heterocycles. The Bertz CT molecular complexity index is 619. The van der Waals surface area contributed by atoms with E-state index in [0.717, 1.165) is 5.56 Å². The van der Waals surface area contributed by atoms with Crippen molar-refractivity contribution in [3.05, 3.63) is 24.3 Å². The molecular formula is C13H18N6O. The van der Waals surface area contributed by atoms with Gasteiger partial charge in [-0.3, -0.25) is 4.79 Å². The highest BCUT2D eigenvalue weighted by molar-refractivity contribution is 5.97. The van der Waals surface area contributed by atoms with E-state index in [0.29, 0.717) is 17.9 Å². The highest BCUT2D eigenvalue weighted by Crippen LogP contribution is 2.20. The third kappa shape index (κ3) is 2.83. The van der Waals surface area contributed by atoms with E-state index >= 15 is 0 Å². The number of nitrogens with zero attached hydrogens (tertiary/aromatic N) is 4. The lowest BCUT2D eigenvalue weighted by Gasteiger charge is -2.21. The zero-order valence-corrected chi connectivity index (χ0v) is 11.8. The minimum Gasteiger partial charge on any atom is -0.324 e. The lowest BCUT2D eigenvalue weighted by molar-refractivity contribution is -0.120. The van der Waals surface area contributed by atoms with Gasteiger partial charge < -0.3 is 11.1 Å². The minimum atomic E-state index is -0.887. The van der Waals surface area contributed by atoms with Crippen molar-refractivity contribution in [1.82, 2.24) is 20.2 Å². The van der Waals surface area contributed by atoms with Crippen LogP contribution in [0, 0.1) is 0 Å². The molecule has 20 heavy (non-hydrogen) atoms. The third-order valence-corrected chi connectivity index (χ3v) is 3.25. The van der Waals surface area contributed by atoms with Crippen LogP contribution in [0.5, 0.6) is 0 Å². The second-order valence-electron chi connectivity index (χ2n) is 4.93. The maximum atomic E-state index is 12.0. The Labute approximate surface area is 117 Å². The molecular weight excluding hydrogens is 256 g/mol. The van der Waals surface area contributed by atoms with E-state index in [1.54, 1.807) is 24.7 Å². The Morgan fingerprint density at radius 3 is 2.85 bits per heavy atom. The smallest absolute Gasteiger partial charge is 0.244 e. The molecule has 106 valence electrons. The van der Waals surface area contributed by atoms with Gasteiger partial charge in [0.2, 0.25) is 5.91 Å². The lowest BCUT2D eigenvalue weighted by atomic mass is 9.99. The number of carbonyl (C=O) groups is 1. The van der Waals surface area contributed by atoms with Crippen molar-refractivity contribution in [1.29, 1.82) is 0 Å². The molecule has 3 N–H and O–H groups in total. The van der Waals surface area contributed by atoms with Crippen molar-refractivity contribution in [2.24, 2.45) is 12.8 Å². The summed E-state index contributed by atoms with van der Waals surface area (Å²) in [7, 11) is 1.76. The predicted molar refractivity (Wildman–Crippen MR) is 75.7 cm³/mol. The molecule has 7 heteroatoms. The molecule has 0 spiro atoms. The molecule has 2 aromatic rings. The maximum Gasteiger partial charge on any atom is 0.244 e. The van der Waals surface area contributed by atoms with Gasteiger partial charge in [-0.1, -0.05) is 19.1 Å². The van der Waals surface area contributed by atoms with Crippen molar-refractivity contribution in [2.75, 3.05) is 5.32 Å². The number of tetrazole rings is 1. The Morgan fingerprint density at radius 1 is 1.50 bits per heavy atom. The first-order valence-corrected chi connectivity index (χ1v) is 6.37. The Morgan fingerprint density at radius 2 is 2.25 bits per heavy atom. The fourth-order valence-electron chi connectivity index (χ4n) is 1.64. The van der Waals surface area contributed by atoms with Crippen LogP contribution in [0.1, 0.15) is 20.3 Å². The van der Waals surface area contributed by atoms with Crippen LogP contribution in [-0.4, -0.2) is 31.7 Å². The highest BCUT2D eigenvalue weighted by atomic mass is 16.2. The summed E-state index contributed by atoms with van der Waals surface area (Å²) in [5.74, 6) is 0.417. The van der Waals surface area contributed by atoms with Gasteiger partial charge in [0.25, 0.3) is 0 Å². The Kier molecular flexibility index (Phi) is 3.80. The Balaban J connectivity index is 2.23. The number of amides is 1. The number of anilines is 1. The van der Waals surface area contributed by atoms with Gasteiger partial charge in [0, 0.05) is 18.3 Å². The predicted octanol–water partition coefficient (Wildman–Crippen LogP) is 0.943. The van der Waals surface area contributed by atoms with Gasteiger partial charge in [-0.2, -0.15) is 0 Å². The van der Waals surface area contributed by atoms with Gasteiger partial charge in [-0.25, -0.2) is 4.68 Å². The van der Waals surface area contributed by atoms with Gasteiger partial charge in [0.15, 0.2) is 5.82 Å². The van der Waals surface area contributed by atoms with Crippen LogP contribution in [0.3, 0.4) is 0 Å². The largest absolute Gasteiger partial charge is 0.324 e. The molecule has 0 fully saturated rings. The first-order chi connectivity index (χ1) is 9.44. The topological polar surface area (TPSA) is 98.7 Å². The number of nitrogens with one attached hydrogen (secondary N) is 1. The number of rotatable bonds is 4. The molecule has 0 radical (unpaired) electrons. The standard InChI is InChI=1S/C13H18N6O/c1-4-13(2,14)12(20)15-10-7-5-6-9(8-10)11-16-17-18-19(11)3/h5-8H,4,14H2,1-3H3,(H,15,20). The Hall–Kier alpha value is -2.28. The molecule has 0 aliphatic rings. The fraction of sp³-hybridized carbons (Fsp3) is 0.385. The molecule has 7 nitrogen and oxygen atoms in total. The van der Waals surface area contributed by atoms with Gasteiger partial charge in [-0.05, 0) is 35.9 Å². The van der Waals surface area contributed by atoms with Crippen LogP contribution in [-0.2, 0) is 11.8 Å². The summed E-state index contributed by atoms with van der Waals surface area (Å²) in [6.07, 6.45) is 0.561. The van der Waals surface area contributed by atoms with Crippen molar-refractivity contribution in [3.63, 3.8) is 0 Å². The molecule has 1 amide bonds. The quantitative estimate of drug-likeness (QED) is 0.864. The third-order valence-electron chi connectivity index (χ3n) is 3.25. The number of aryl methyl sites for hydroxylation is 1. The number of hydrogen-bond acceptors (Lipinski definition) is 5. The van der Waals surface area contributed by atoms with Crippen LogP contribution in [0.25, 0.3) is 11.4 Å². The first kappa shape index (κ1) is 14.1. The molecule has 0 saturated carbocycles. The zero-order chi connectivity index (χ0) is 14.8. The molecule has 0 bridgehead atoms. The van der Waals surface area contributed by atoms with Gasteiger partial charge in [0.05, 0.1) is 5.54 Å². The van der Waals surface area contributed by atoms with E-state index in [9.17, 15) is 4.79 Å². The summed E-state index contributed by atoms with van der Waals surface area (Å²) >= 11 is 0. The van der Waals surface area contributed by atoms with E-state index in [-0.39, 0.29) is 5.91 Å². The molecule has 0 aliphatic heterocycles. The monoisotopic (exact) mass is 274 g/mol. The van der Waals surface area contributed by atoms with E-state index in [1.807, 2.05) is 25.1 Å². The SMILES string of the molecule is CCC(C)(N)C(=O)Nc1cccc(-c2nnnn2C)c1. The number of benzene rings is 1. The normalized spacial score (nSPS) is 13.8. The minimum absolute atomic E-state index is 0.215. The van der Waals surface area contributed by atoms with Gasteiger partial charge in [0.1, 0.15) is 0 Å². The average Bonchev–Trinajstić information content (AvgIpc) is 2.85. The van der Waals surface area contributed by atoms with Crippen molar-refractivity contribution < 1.29 is 4.79 Å². The summed E-state index contributed by atoms with van der Waals surface area (Å²) in [5.41, 5.74) is 6.52. The molecule has 1 heterocycles. The van der Waals surface area contributed by atoms with Crippen molar-refractivity contribution in [2.45, 2.75) is 25.8 Å². The second kappa shape index (κ2) is 5.38. The molecule has 2 rings (SSSR count). The molecule has 1 unspecified atom stereocenters. The van der Waals surface area contributed by atoms with E-state index < -0.39 is 5.54 Å². The fourth-order valence-corrected chi connectivity index (χ4v) is 1.64. The second-order valence-corrected chi connectivity index (χ2v) is 4.93. The van der Waals surface area contributed by atoms with Gasteiger partial charge >= 0.3 is 0 Å². The van der Waals surface area contributed by atoms with E-state index in [4.69, 9.17) is 5.73 Å². The summed E-state index contributed by atoms with van der Waals surface area (Å²) in [5, 5.41) is 14.1. The number of carbonyl (C=O) groups excluding carboxylic acids is 1. The summed E-state index contributed by atoms with van der Waals surface area (Å²) < 4.78 is 1.57. The molecule has 0 aliphatic carbocycles. The highest BCUT2D eigenvalue weighted by Gasteiger charge is 2.25. The summed E-state index contributed by atoms with van der Waals surface area (Å²) in [4.78, 5) is 12.0. The number of aromatic nitrogens is 4.